The Balaban J connectivity index is 1.82. The largest absolute Gasteiger partial charge is 0.490 e. The Hall–Kier alpha value is -3.20. The minimum Gasteiger partial charge on any atom is -0.490 e. The monoisotopic (exact) mass is 567 g/mol. The van der Waals surface area contributed by atoms with Crippen molar-refractivity contribution in [2.24, 2.45) is 5.10 Å². The molecule has 0 aliphatic heterocycles. The molecule has 0 fully saturated rings. The third kappa shape index (κ3) is 5.14. The first-order valence-electron chi connectivity index (χ1n) is 11.3. The molecular formula is C27H26IN3O3. The molecule has 0 aliphatic carbocycles. The summed E-state index contributed by atoms with van der Waals surface area (Å²) in [5.41, 5.74) is 2.02. The standard InChI is InChI=1S/C27H26IN3O3/c1-4-18(3)34-25-22(28)15-19(16-24(25)33-5-2)17-29-31-26(20-11-7-6-8-12-20)30-23-14-10-9-13-21(23)27(31)32/h6-18H,4-5H2,1-3H3/t18-/m1/s1. The highest BCUT2D eigenvalue weighted by molar-refractivity contribution is 14.1. The van der Waals surface area contributed by atoms with Crippen LogP contribution in [0.4, 0.5) is 0 Å². The predicted octanol–water partition coefficient (Wildman–Crippen LogP) is 6.13. The van der Waals surface area contributed by atoms with E-state index in [0.29, 0.717) is 29.1 Å². The summed E-state index contributed by atoms with van der Waals surface area (Å²) >= 11 is 2.24. The van der Waals surface area contributed by atoms with Crippen molar-refractivity contribution in [2.75, 3.05) is 6.61 Å². The third-order valence-electron chi connectivity index (χ3n) is 5.33. The van der Waals surface area contributed by atoms with Crippen molar-refractivity contribution >= 4 is 39.7 Å². The van der Waals surface area contributed by atoms with Crippen molar-refractivity contribution in [2.45, 2.75) is 33.3 Å². The molecule has 0 radical (unpaired) electrons. The van der Waals surface area contributed by atoms with Crippen molar-refractivity contribution in [3.8, 4) is 22.9 Å². The van der Waals surface area contributed by atoms with E-state index in [1.165, 1.54) is 4.68 Å². The fourth-order valence-electron chi connectivity index (χ4n) is 3.45. The van der Waals surface area contributed by atoms with E-state index in [0.717, 1.165) is 26.9 Å². The number of fused-ring (bicyclic) bond motifs is 1. The first-order valence-corrected chi connectivity index (χ1v) is 12.3. The molecule has 4 aromatic rings. The van der Waals surface area contributed by atoms with Crippen molar-refractivity contribution in [1.29, 1.82) is 0 Å². The summed E-state index contributed by atoms with van der Waals surface area (Å²) in [4.78, 5) is 18.1. The van der Waals surface area contributed by atoms with Crippen LogP contribution >= 0.6 is 22.6 Å². The van der Waals surface area contributed by atoms with Crippen LogP contribution in [0.25, 0.3) is 22.3 Å². The lowest BCUT2D eigenvalue weighted by atomic mass is 10.2. The molecule has 0 N–H and O–H groups in total. The van der Waals surface area contributed by atoms with Gasteiger partial charge in [-0.3, -0.25) is 4.79 Å². The van der Waals surface area contributed by atoms with Gasteiger partial charge >= 0.3 is 0 Å². The maximum absolute atomic E-state index is 13.4. The van der Waals surface area contributed by atoms with E-state index in [9.17, 15) is 4.79 Å². The van der Waals surface area contributed by atoms with Gasteiger partial charge in [-0.2, -0.15) is 9.78 Å². The molecule has 6 nitrogen and oxygen atoms in total. The Morgan fingerprint density at radius 1 is 1.09 bits per heavy atom. The molecular weight excluding hydrogens is 541 g/mol. The van der Waals surface area contributed by atoms with E-state index in [-0.39, 0.29) is 11.7 Å². The molecule has 0 amide bonds. The number of hydrogen-bond acceptors (Lipinski definition) is 5. The van der Waals surface area contributed by atoms with Gasteiger partial charge in [-0.1, -0.05) is 49.4 Å². The van der Waals surface area contributed by atoms with Crippen LogP contribution in [0.3, 0.4) is 0 Å². The molecule has 4 rings (SSSR count). The molecule has 174 valence electrons. The number of nitrogens with zero attached hydrogens (tertiary/aromatic N) is 3. The molecule has 1 atom stereocenters. The first kappa shape index (κ1) is 23.9. The van der Waals surface area contributed by atoms with Crippen LogP contribution < -0.4 is 15.0 Å². The molecule has 0 unspecified atom stereocenters. The molecule has 0 aliphatic rings. The Morgan fingerprint density at radius 3 is 2.56 bits per heavy atom. The van der Waals surface area contributed by atoms with Gasteiger partial charge in [-0.15, -0.1) is 0 Å². The molecule has 0 saturated carbocycles. The lowest BCUT2D eigenvalue weighted by Gasteiger charge is -2.18. The second-order valence-corrected chi connectivity index (χ2v) is 8.94. The van der Waals surface area contributed by atoms with Gasteiger partial charge in [0.15, 0.2) is 17.3 Å². The topological polar surface area (TPSA) is 65.7 Å². The highest BCUT2D eigenvalue weighted by atomic mass is 127. The summed E-state index contributed by atoms with van der Waals surface area (Å²) in [7, 11) is 0. The smallest absolute Gasteiger partial charge is 0.282 e. The van der Waals surface area contributed by atoms with E-state index >= 15 is 0 Å². The summed E-state index contributed by atoms with van der Waals surface area (Å²) in [6.07, 6.45) is 2.62. The second kappa shape index (κ2) is 10.8. The predicted molar refractivity (Wildman–Crippen MR) is 145 cm³/mol. The van der Waals surface area contributed by atoms with E-state index in [2.05, 4.69) is 34.6 Å². The normalized spacial score (nSPS) is 12.2. The fraction of sp³-hybridized carbons (Fsp3) is 0.222. The number of ether oxygens (including phenoxy) is 2. The van der Waals surface area contributed by atoms with Crippen LogP contribution in [0, 0.1) is 3.57 Å². The molecule has 0 bridgehead atoms. The second-order valence-electron chi connectivity index (χ2n) is 7.78. The molecule has 0 saturated heterocycles. The number of rotatable bonds is 8. The minimum atomic E-state index is -0.225. The van der Waals surface area contributed by atoms with Crippen LogP contribution in [0.1, 0.15) is 32.8 Å². The first-order chi connectivity index (χ1) is 16.5. The zero-order chi connectivity index (χ0) is 24.1. The van der Waals surface area contributed by atoms with Crippen LogP contribution in [-0.4, -0.2) is 28.6 Å². The number of halogens is 1. The summed E-state index contributed by atoms with van der Waals surface area (Å²) in [5, 5.41) is 5.08. The minimum absolute atomic E-state index is 0.0721. The van der Waals surface area contributed by atoms with E-state index in [1.807, 2.05) is 74.5 Å². The summed E-state index contributed by atoms with van der Waals surface area (Å²) in [5.74, 6) is 1.86. The lowest BCUT2D eigenvalue weighted by molar-refractivity contribution is 0.201. The molecule has 1 heterocycles. The van der Waals surface area contributed by atoms with Crippen LogP contribution in [0.5, 0.6) is 11.5 Å². The molecule has 7 heteroatoms. The van der Waals surface area contributed by atoms with Gasteiger partial charge in [-0.25, -0.2) is 4.98 Å². The van der Waals surface area contributed by atoms with Gasteiger partial charge in [0.2, 0.25) is 0 Å². The summed E-state index contributed by atoms with van der Waals surface area (Å²) in [6.45, 7) is 6.57. The van der Waals surface area contributed by atoms with E-state index in [1.54, 1.807) is 12.3 Å². The Kier molecular flexibility index (Phi) is 7.62. The molecule has 1 aromatic heterocycles. The zero-order valence-corrected chi connectivity index (χ0v) is 21.5. The van der Waals surface area contributed by atoms with Crippen molar-refractivity contribution in [1.82, 2.24) is 9.66 Å². The highest BCUT2D eigenvalue weighted by Gasteiger charge is 2.15. The lowest BCUT2D eigenvalue weighted by Crippen LogP contribution is -2.20. The van der Waals surface area contributed by atoms with Crippen molar-refractivity contribution < 1.29 is 9.47 Å². The zero-order valence-electron chi connectivity index (χ0n) is 19.4. The molecule has 0 spiro atoms. The van der Waals surface area contributed by atoms with E-state index < -0.39 is 0 Å². The number of benzene rings is 3. The van der Waals surface area contributed by atoms with E-state index in [4.69, 9.17) is 14.5 Å². The SMILES string of the molecule is CCOc1cc(C=Nn2c(-c3ccccc3)nc3ccccc3c2=O)cc(I)c1O[C@H](C)CC. The average Bonchev–Trinajstić information content (AvgIpc) is 2.86. The Bertz CT molecular complexity index is 1380. The highest BCUT2D eigenvalue weighted by Crippen LogP contribution is 2.35. The Morgan fingerprint density at radius 2 is 1.82 bits per heavy atom. The van der Waals surface area contributed by atoms with Crippen LogP contribution in [0.15, 0.2) is 76.6 Å². The molecule has 3 aromatic carbocycles. The maximum Gasteiger partial charge on any atom is 0.282 e. The van der Waals surface area contributed by atoms with Crippen molar-refractivity contribution in [3.05, 3.63) is 86.2 Å². The van der Waals surface area contributed by atoms with Gasteiger partial charge in [0, 0.05) is 5.56 Å². The average molecular weight is 567 g/mol. The number of para-hydroxylation sites is 1. The van der Waals surface area contributed by atoms with Gasteiger partial charge in [0.25, 0.3) is 5.56 Å². The fourth-order valence-corrected chi connectivity index (χ4v) is 4.21. The maximum atomic E-state index is 13.4. The van der Waals surface area contributed by atoms with Gasteiger partial charge in [0.05, 0.1) is 33.4 Å². The summed E-state index contributed by atoms with van der Waals surface area (Å²) < 4.78 is 14.2. The number of aromatic nitrogens is 2. The van der Waals surface area contributed by atoms with Gasteiger partial charge in [0.1, 0.15) is 0 Å². The van der Waals surface area contributed by atoms with Gasteiger partial charge < -0.3 is 9.47 Å². The molecule has 34 heavy (non-hydrogen) atoms. The van der Waals surface area contributed by atoms with Crippen molar-refractivity contribution in [3.63, 3.8) is 0 Å². The third-order valence-corrected chi connectivity index (χ3v) is 6.14. The van der Waals surface area contributed by atoms with Gasteiger partial charge in [-0.05, 0) is 72.7 Å². The van der Waals surface area contributed by atoms with Crippen LogP contribution in [-0.2, 0) is 0 Å². The van der Waals surface area contributed by atoms with Crippen LogP contribution in [0.2, 0.25) is 0 Å². The number of hydrogen-bond donors (Lipinski definition) is 0. The quantitative estimate of drug-likeness (QED) is 0.190. The summed E-state index contributed by atoms with van der Waals surface area (Å²) in [6, 6.07) is 20.7. The Labute approximate surface area is 212 Å².